The topological polar surface area (TPSA) is 63.9 Å². The van der Waals surface area contributed by atoms with Crippen LogP contribution in [-0.2, 0) is 4.74 Å². The summed E-state index contributed by atoms with van der Waals surface area (Å²) in [7, 11) is 1.61. The number of benzene rings is 1. The van der Waals surface area contributed by atoms with E-state index in [9.17, 15) is 4.79 Å². The van der Waals surface area contributed by atoms with E-state index in [2.05, 4.69) is 10.2 Å². The smallest absolute Gasteiger partial charge is 0.251 e. The summed E-state index contributed by atoms with van der Waals surface area (Å²) in [6.45, 7) is 5.60. The number of nitrogens with one attached hydrogen (secondary N) is 1. The molecule has 1 N–H and O–H groups in total. The number of methoxy groups -OCH3 is 1. The molecule has 6 heteroatoms. The molecule has 0 aliphatic carbocycles. The normalized spacial score (nSPS) is 20.2. The van der Waals surface area contributed by atoms with Crippen molar-refractivity contribution in [2.45, 2.75) is 32.1 Å². The fraction of sp³-hybridized carbons (Fsp3) is 0.591. The van der Waals surface area contributed by atoms with E-state index in [-0.39, 0.29) is 11.3 Å². The lowest BCUT2D eigenvalue weighted by Gasteiger charge is -2.42. The highest BCUT2D eigenvalue weighted by atomic mass is 16.5. The summed E-state index contributed by atoms with van der Waals surface area (Å²) >= 11 is 0. The van der Waals surface area contributed by atoms with Crippen molar-refractivity contribution in [2.75, 3.05) is 46.5 Å². The molecule has 0 atom stereocenters. The molecular weight excluding hydrogens is 356 g/mol. The number of rotatable bonds is 6. The van der Waals surface area contributed by atoms with Crippen LogP contribution in [0, 0.1) is 5.41 Å². The van der Waals surface area contributed by atoms with Gasteiger partial charge in [-0.2, -0.15) is 0 Å². The number of hydrogen-bond donors (Lipinski definition) is 1. The molecule has 2 aromatic rings. The van der Waals surface area contributed by atoms with Gasteiger partial charge in [-0.3, -0.25) is 4.79 Å². The van der Waals surface area contributed by atoms with E-state index in [4.69, 9.17) is 13.9 Å². The molecule has 2 fully saturated rings. The number of likely N-dealkylation sites (tertiary alicyclic amines) is 1. The summed E-state index contributed by atoms with van der Waals surface area (Å²) in [6, 6.07) is 5.43. The van der Waals surface area contributed by atoms with Gasteiger partial charge in [0.25, 0.3) is 5.91 Å². The summed E-state index contributed by atoms with van der Waals surface area (Å²) in [6.07, 6.45) is 7.49. The number of carbonyl (C=O) groups excluding carboxylic acids is 1. The van der Waals surface area contributed by atoms with Crippen molar-refractivity contribution in [3.05, 3.63) is 30.0 Å². The Labute approximate surface area is 166 Å². The van der Waals surface area contributed by atoms with E-state index < -0.39 is 0 Å². The summed E-state index contributed by atoms with van der Waals surface area (Å²) in [5.41, 5.74) is 1.32. The third-order valence-corrected chi connectivity index (χ3v) is 6.20. The molecule has 152 valence electrons. The minimum absolute atomic E-state index is 0.0823. The lowest BCUT2D eigenvalue weighted by atomic mass is 9.79. The molecule has 3 heterocycles. The van der Waals surface area contributed by atoms with Gasteiger partial charge in [0.15, 0.2) is 0 Å². The Morgan fingerprint density at radius 1 is 1.21 bits per heavy atom. The highest BCUT2D eigenvalue weighted by Crippen LogP contribution is 2.33. The Hall–Kier alpha value is -2.05. The maximum Gasteiger partial charge on any atom is 0.251 e. The predicted molar refractivity (Wildman–Crippen MR) is 108 cm³/mol. The van der Waals surface area contributed by atoms with Crippen LogP contribution in [0.3, 0.4) is 0 Å². The Balaban J connectivity index is 1.46. The number of ether oxygens (including phenoxy) is 2. The molecule has 0 bridgehead atoms. The van der Waals surface area contributed by atoms with Crippen LogP contribution < -0.4 is 10.1 Å². The van der Waals surface area contributed by atoms with Crippen molar-refractivity contribution >= 4 is 16.9 Å². The van der Waals surface area contributed by atoms with Crippen LogP contribution in [0.25, 0.3) is 11.0 Å². The Morgan fingerprint density at radius 3 is 2.75 bits per heavy atom. The van der Waals surface area contributed by atoms with E-state index in [0.29, 0.717) is 23.4 Å². The zero-order chi connectivity index (χ0) is 19.4. The second-order valence-corrected chi connectivity index (χ2v) is 8.14. The first-order valence-corrected chi connectivity index (χ1v) is 10.3. The zero-order valence-corrected chi connectivity index (χ0v) is 16.7. The molecule has 2 aliphatic heterocycles. The number of carbonyl (C=O) groups is 1. The van der Waals surface area contributed by atoms with Gasteiger partial charge in [-0.1, -0.05) is 6.42 Å². The first-order chi connectivity index (χ1) is 13.7. The summed E-state index contributed by atoms with van der Waals surface area (Å²) in [5.74, 6) is 0.576. The average Bonchev–Trinajstić information content (AvgIpc) is 3.21. The lowest BCUT2D eigenvalue weighted by Crippen LogP contribution is -2.49. The van der Waals surface area contributed by atoms with E-state index in [1.807, 2.05) is 6.07 Å². The number of fused-ring (bicyclic) bond motifs is 1. The van der Waals surface area contributed by atoms with E-state index in [1.165, 1.54) is 32.4 Å². The second-order valence-electron chi connectivity index (χ2n) is 8.14. The van der Waals surface area contributed by atoms with Crippen LogP contribution in [0.4, 0.5) is 0 Å². The molecule has 1 amide bonds. The van der Waals surface area contributed by atoms with E-state index >= 15 is 0 Å². The second kappa shape index (κ2) is 8.53. The number of amides is 1. The van der Waals surface area contributed by atoms with E-state index in [1.54, 1.807) is 25.5 Å². The first-order valence-electron chi connectivity index (χ1n) is 10.3. The molecule has 0 unspecified atom stereocenters. The molecule has 2 saturated heterocycles. The fourth-order valence-electron chi connectivity index (χ4n) is 4.50. The average molecular weight is 386 g/mol. The summed E-state index contributed by atoms with van der Waals surface area (Å²) < 4.78 is 16.5. The van der Waals surface area contributed by atoms with Gasteiger partial charge >= 0.3 is 0 Å². The molecule has 2 aliphatic rings. The van der Waals surface area contributed by atoms with Gasteiger partial charge in [0.1, 0.15) is 11.3 Å². The van der Waals surface area contributed by atoms with Gasteiger partial charge in [-0.15, -0.1) is 0 Å². The van der Waals surface area contributed by atoms with Crippen molar-refractivity contribution < 1.29 is 18.7 Å². The maximum absolute atomic E-state index is 12.9. The van der Waals surface area contributed by atoms with Crippen LogP contribution in [-0.4, -0.2) is 57.3 Å². The Morgan fingerprint density at radius 2 is 2.00 bits per heavy atom. The van der Waals surface area contributed by atoms with Gasteiger partial charge in [-0.25, -0.2) is 0 Å². The van der Waals surface area contributed by atoms with Crippen molar-refractivity contribution in [3.8, 4) is 5.75 Å². The third-order valence-electron chi connectivity index (χ3n) is 6.20. The quantitative estimate of drug-likeness (QED) is 0.824. The monoisotopic (exact) mass is 386 g/mol. The zero-order valence-electron chi connectivity index (χ0n) is 16.7. The van der Waals surface area contributed by atoms with Crippen molar-refractivity contribution in [2.24, 2.45) is 5.41 Å². The van der Waals surface area contributed by atoms with Gasteiger partial charge in [0.2, 0.25) is 0 Å². The Bertz CT molecular complexity index is 804. The number of nitrogens with zero attached hydrogens (tertiary/aromatic N) is 1. The fourth-order valence-corrected chi connectivity index (χ4v) is 4.50. The van der Waals surface area contributed by atoms with Gasteiger partial charge in [0, 0.05) is 37.3 Å². The third kappa shape index (κ3) is 4.18. The molecule has 28 heavy (non-hydrogen) atoms. The first kappa shape index (κ1) is 19.3. The minimum atomic E-state index is -0.0823. The number of piperidine rings is 1. The van der Waals surface area contributed by atoms with E-state index in [0.717, 1.165) is 38.0 Å². The standard InChI is InChI=1S/C22H30N2O4/c1-26-19-13-17(14-20-18(19)5-10-28-20)21(25)23-15-22(6-11-27-12-7-22)16-24-8-3-2-4-9-24/h5,10,13-14H,2-4,6-9,11-12,15-16H2,1H3,(H,23,25). The lowest BCUT2D eigenvalue weighted by molar-refractivity contribution is -0.00671. The molecule has 4 rings (SSSR count). The van der Waals surface area contributed by atoms with Gasteiger partial charge in [-0.05, 0) is 57.0 Å². The minimum Gasteiger partial charge on any atom is -0.496 e. The van der Waals surface area contributed by atoms with Gasteiger partial charge in [0.05, 0.1) is 18.8 Å². The van der Waals surface area contributed by atoms with Crippen LogP contribution in [0.5, 0.6) is 5.75 Å². The van der Waals surface area contributed by atoms with Crippen molar-refractivity contribution in [1.29, 1.82) is 0 Å². The summed E-state index contributed by atoms with van der Waals surface area (Å²) in [5, 5.41) is 4.07. The molecule has 6 nitrogen and oxygen atoms in total. The van der Waals surface area contributed by atoms with Crippen molar-refractivity contribution in [1.82, 2.24) is 10.2 Å². The molecule has 1 aromatic carbocycles. The molecule has 1 aromatic heterocycles. The van der Waals surface area contributed by atoms with Crippen molar-refractivity contribution in [3.63, 3.8) is 0 Å². The van der Waals surface area contributed by atoms with Crippen LogP contribution >= 0.6 is 0 Å². The predicted octanol–water partition coefficient (Wildman–Crippen LogP) is 3.45. The number of hydrogen-bond acceptors (Lipinski definition) is 5. The highest BCUT2D eigenvalue weighted by molar-refractivity contribution is 5.99. The van der Waals surface area contributed by atoms with Crippen LogP contribution in [0.1, 0.15) is 42.5 Å². The molecule has 0 spiro atoms. The molecule has 0 saturated carbocycles. The number of furan rings is 1. The summed E-state index contributed by atoms with van der Waals surface area (Å²) in [4.78, 5) is 15.5. The highest BCUT2D eigenvalue weighted by Gasteiger charge is 2.35. The van der Waals surface area contributed by atoms with Gasteiger partial charge < -0.3 is 24.1 Å². The van der Waals surface area contributed by atoms with Crippen LogP contribution in [0.2, 0.25) is 0 Å². The Kier molecular flexibility index (Phi) is 5.87. The molecular formula is C22H30N2O4. The largest absolute Gasteiger partial charge is 0.496 e. The molecule has 0 radical (unpaired) electrons. The maximum atomic E-state index is 12.9. The SMILES string of the molecule is COc1cc(C(=O)NCC2(CN3CCCCC3)CCOCC2)cc2occc12. The van der Waals surface area contributed by atoms with Crippen LogP contribution in [0.15, 0.2) is 28.9 Å².